The molecule has 0 bridgehead atoms. The lowest BCUT2D eigenvalue weighted by Crippen LogP contribution is -2.29. The third-order valence-electron chi connectivity index (χ3n) is 2.41. The highest BCUT2D eigenvalue weighted by molar-refractivity contribution is 5.91. The number of aliphatic hydroxyl groups excluding tert-OH is 1. The van der Waals surface area contributed by atoms with E-state index in [2.05, 4.69) is 0 Å². The van der Waals surface area contributed by atoms with Crippen molar-refractivity contribution in [2.75, 3.05) is 0 Å². The van der Waals surface area contributed by atoms with Crippen LogP contribution in [0.5, 0.6) is 0 Å². The summed E-state index contributed by atoms with van der Waals surface area (Å²) in [7, 11) is 0. The van der Waals surface area contributed by atoms with E-state index in [1.807, 2.05) is 20.8 Å². The van der Waals surface area contributed by atoms with Gasteiger partial charge in [0.05, 0.1) is 6.10 Å². The largest absolute Gasteiger partial charge is 0.388 e. The van der Waals surface area contributed by atoms with Gasteiger partial charge in [0.15, 0.2) is 5.78 Å². The molecule has 0 saturated carbocycles. The highest BCUT2D eigenvalue weighted by Gasteiger charge is 2.27. The smallest absolute Gasteiger partial charge is 0.155 e. The molecule has 1 aliphatic rings. The van der Waals surface area contributed by atoms with Gasteiger partial charge in [-0.1, -0.05) is 20.8 Å². The van der Waals surface area contributed by atoms with Crippen molar-refractivity contribution in [1.29, 1.82) is 0 Å². The number of aliphatic hydroxyl groups is 1. The van der Waals surface area contributed by atoms with Gasteiger partial charge in [-0.15, -0.1) is 0 Å². The molecule has 0 aromatic heterocycles. The van der Waals surface area contributed by atoms with E-state index in [0.29, 0.717) is 6.42 Å². The molecule has 0 heterocycles. The molecule has 2 nitrogen and oxygen atoms in total. The number of carbonyl (C=O) groups excluding carboxylic acids is 1. The minimum atomic E-state index is -0.475. The van der Waals surface area contributed by atoms with Gasteiger partial charge in [0.1, 0.15) is 0 Å². The molecule has 0 fully saturated rings. The first-order valence-corrected chi connectivity index (χ1v) is 4.82. The van der Waals surface area contributed by atoms with Gasteiger partial charge in [0.25, 0.3) is 0 Å². The number of hydrogen-bond acceptors (Lipinski definition) is 2. The Morgan fingerprint density at radius 3 is 2.46 bits per heavy atom. The molecule has 0 amide bonds. The Bertz CT molecular complexity index is 233. The summed E-state index contributed by atoms with van der Waals surface area (Å²) in [5.41, 5.74) is 0.743. The molecule has 2 heteroatoms. The molecule has 1 unspecified atom stereocenters. The average molecular weight is 182 g/mol. The molecule has 13 heavy (non-hydrogen) atoms. The first kappa shape index (κ1) is 10.5. The van der Waals surface area contributed by atoms with Crippen LogP contribution in [0.2, 0.25) is 0 Å². The lowest BCUT2D eigenvalue weighted by molar-refractivity contribution is -0.115. The second kappa shape index (κ2) is 3.62. The predicted octanol–water partition coefficient (Wildman–Crippen LogP) is 2.07. The van der Waals surface area contributed by atoms with Crippen molar-refractivity contribution in [3.8, 4) is 0 Å². The Balaban J connectivity index is 2.77. The second-order valence-electron chi connectivity index (χ2n) is 4.81. The van der Waals surface area contributed by atoms with Crippen molar-refractivity contribution in [2.45, 2.75) is 46.1 Å². The van der Waals surface area contributed by atoms with Gasteiger partial charge in [-0.05, 0) is 29.9 Å². The quantitative estimate of drug-likeness (QED) is 0.674. The van der Waals surface area contributed by atoms with E-state index < -0.39 is 6.10 Å². The van der Waals surface area contributed by atoms with E-state index >= 15 is 0 Å². The van der Waals surface area contributed by atoms with Gasteiger partial charge in [0, 0.05) is 6.42 Å². The molecule has 1 N–H and O–H groups in total. The molecule has 1 atom stereocenters. The fraction of sp³-hybridized carbons (Fsp3) is 0.727. The van der Waals surface area contributed by atoms with E-state index in [-0.39, 0.29) is 11.2 Å². The molecule has 74 valence electrons. The van der Waals surface area contributed by atoms with Gasteiger partial charge in [-0.3, -0.25) is 4.79 Å². The molecular weight excluding hydrogens is 164 g/mol. The van der Waals surface area contributed by atoms with Crippen LogP contribution in [0.15, 0.2) is 11.6 Å². The maximum absolute atomic E-state index is 11.1. The topological polar surface area (TPSA) is 37.3 Å². The van der Waals surface area contributed by atoms with Crippen LogP contribution in [0.4, 0.5) is 0 Å². The predicted molar refractivity (Wildman–Crippen MR) is 52.4 cm³/mol. The summed E-state index contributed by atoms with van der Waals surface area (Å²) in [5, 5.41) is 9.91. The van der Waals surface area contributed by atoms with Gasteiger partial charge in [0.2, 0.25) is 0 Å². The lowest BCUT2D eigenvalue weighted by Gasteiger charge is -2.29. The summed E-state index contributed by atoms with van der Waals surface area (Å²) >= 11 is 0. The molecule has 0 aromatic rings. The summed E-state index contributed by atoms with van der Waals surface area (Å²) in [5.74, 6) is 0.157. The van der Waals surface area contributed by atoms with Crippen LogP contribution >= 0.6 is 0 Å². The van der Waals surface area contributed by atoms with Crippen LogP contribution in [-0.2, 0) is 4.79 Å². The number of allylic oxidation sites excluding steroid dienone is 1. The van der Waals surface area contributed by atoms with E-state index in [1.165, 1.54) is 0 Å². The number of hydrogen-bond donors (Lipinski definition) is 1. The normalized spacial score (nSPS) is 21.2. The summed E-state index contributed by atoms with van der Waals surface area (Å²) in [6.07, 6.45) is 3.54. The van der Waals surface area contributed by atoms with Crippen molar-refractivity contribution in [2.24, 2.45) is 5.41 Å². The standard InChI is InChI=1S/C11H18O2/c1-11(2,3)10(13)8-5-4-6-9(12)7-8/h7,10,13H,4-6H2,1-3H3. The third-order valence-corrected chi connectivity index (χ3v) is 2.41. The van der Waals surface area contributed by atoms with Crippen LogP contribution in [0, 0.1) is 5.41 Å². The summed E-state index contributed by atoms with van der Waals surface area (Å²) in [6.45, 7) is 5.95. The van der Waals surface area contributed by atoms with E-state index in [0.717, 1.165) is 18.4 Å². The van der Waals surface area contributed by atoms with Gasteiger partial charge < -0.3 is 5.11 Å². The molecule has 1 rings (SSSR count). The minimum absolute atomic E-state index is 0.157. The Morgan fingerprint density at radius 2 is 2.00 bits per heavy atom. The van der Waals surface area contributed by atoms with Crippen LogP contribution in [-0.4, -0.2) is 17.0 Å². The highest BCUT2D eigenvalue weighted by atomic mass is 16.3. The van der Waals surface area contributed by atoms with Crippen LogP contribution in [0.3, 0.4) is 0 Å². The van der Waals surface area contributed by atoms with Gasteiger partial charge in [-0.2, -0.15) is 0 Å². The second-order valence-corrected chi connectivity index (χ2v) is 4.81. The summed E-state index contributed by atoms with van der Waals surface area (Å²) in [6, 6.07) is 0. The zero-order valence-electron chi connectivity index (χ0n) is 8.63. The fourth-order valence-corrected chi connectivity index (χ4v) is 1.59. The zero-order chi connectivity index (χ0) is 10.1. The van der Waals surface area contributed by atoms with Crippen LogP contribution < -0.4 is 0 Å². The van der Waals surface area contributed by atoms with Crippen molar-refractivity contribution < 1.29 is 9.90 Å². The van der Waals surface area contributed by atoms with E-state index in [4.69, 9.17) is 0 Å². The number of carbonyl (C=O) groups is 1. The summed E-state index contributed by atoms with van der Waals surface area (Å²) in [4.78, 5) is 11.1. The zero-order valence-corrected chi connectivity index (χ0v) is 8.63. The van der Waals surface area contributed by atoms with Crippen LogP contribution in [0.1, 0.15) is 40.0 Å². The average Bonchev–Trinajstić information content (AvgIpc) is 2.01. The maximum atomic E-state index is 11.1. The molecule has 0 aromatic carbocycles. The summed E-state index contributed by atoms with van der Waals surface area (Å²) < 4.78 is 0. The maximum Gasteiger partial charge on any atom is 0.155 e. The Kier molecular flexibility index (Phi) is 2.91. The monoisotopic (exact) mass is 182 g/mol. The molecule has 0 radical (unpaired) electrons. The highest BCUT2D eigenvalue weighted by Crippen LogP contribution is 2.29. The molecular formula is C11H18O2. The Labute approximate surface area is 79.6 Å². The molecule has 0 saturated heterocycles. The van der Waals surface area contributed by atoms with Crippen molar-refractivity contribution >= 4 is 5.78 Å². The lowest BCUT2D eigenvalue weighted by atomic mass is 9.81. The SMILES string of the molecule is CC(C)(C)C(O)C1=CC(=O)CCC1. The molecule has 0 spiro atoms. The molecule has 0 aliphatic heterocycles. The van der Waals surface area contributed by atoms with Crippen molar-refractivity contribution in [3.05, 3.63) is 11.6 Å². The first-order valence-electron chi connectivity index (χ1n) is 4.82. The molecule has 1 aliphatic carbocycles. The van der Waals surface area contributed by atoms with Crippen molar-refractivity contribution in [3.63, 3.8) is 0 Å². The van der Waals surface area contributed by atoms with Crippen molar-refractivity contribution in [1.82, 2.24) is 0 Å². The van der Waals surface area contributed by atoms with Crippen LogP contribution in [0.25, 0.3) is 0 Å². The number of ketones is 1. The number of rotatable bonds is 1. The third kappa shape index (κ3) is 2.66. The minimum Gasteiger partial charge on any atom is -0.388 e. The Hall–Kier alpha value is -0.630. The van der Waals surface area contributed by atoms with E-state index in [1.54, 1.807) is 6.08 Å². The van der Waals surface area contributed by atoms with E-state index in [9.17, 15) is 9.90 Å². The van der Waals surface area contributed by atoms with Gasteiger partial charge in [-0.25, -0.2) is 0 Å². The fourth-order valence-electron chi connectivity index (χ4n) is 1.59. The first-order chi connectivity index (χ1) is 5.91. The Morgan fingerprint density at radius 1 is 1.38 bits per heavy atom. The van der Waals surface area contributed by atoms with Gasteiger partial charge >= 0.3 is 0 Å².